The fourth-order valence-corrected chi connectivity index (χ4v) is 2.89. The molecule has 0 atom stereocenters. The second-order valence-corrected chi connectivity index (χ2v) is 6.13. The summed E-state index contributed by atoms with van der Waals surface area (Å²) >= 11 is 1.98. The zero-order valence-electron chi connectivity index (χ0n) is 9.03. The van der Waals surface area contributed by atoms with Crippen LogP contribution in [-0.2, 0) is 0 Å². The first-order chi connectivity index (χ1) is 7.11. The van der Waals surface area contributed by atoms with Crippen LogP contribution in [0, 0.1) is 0 Å². The fraction of sp³-hybridized carbons (Fsp3) is 0.545. The van der Waals surface area contributed by atoms with E-state index >= 15 is 0 Å². The molecule has 1 aliphatic heterocycles. The number of anilines is 1. The van der Waals surface area contributed by atoms with Gasteiger partial charge in [0.15, 0.2) is 17.9 Å². The molecule has 1 fully saturated rings. The third-order valence-corrected chi connectivity index (χ3v) is 3.76. The minimum atomic E-state index is 0.256. The molecule has 1 aliphatic rings. The van der Waals surface area contributed by atoms with Gasteiger partial charge in [-0.2, -0.15) is 11.8 Å². The van der Waals surface area contributed by atoms with Gasteiger partial charge in [0.1, 0.15) is 0 Å². The van der Waals surface area contributed by atoms with Gasteiger partial charge in [-0.15, -0.1) is 0 Å². The highest BCUT2D eigenvalue weighted by Gasteiger charge is 2.28. The molecule has 1 aromatic heterocycles. The van der Waals surface area contributed by atoms with Crippen molar-refractivity contribution in [2.45, 2.75) is 18.6 Å². The lowest BCUT2D eigenvalue weighted by Gasteiger charge is -2.37. The maximum atomic E-state index is 10.5. The highest BCUT2D eigenvalue weighted by molar-refractivity contribution is 8.00. The Bertz CT molecular complexity index is 359. The number of hydrogen-bond donors (Lipinski definition) is 0. The van der Waals surface area contributed by atoms with E-state index in [1.54, 1.807) is 6.07 Å². The monoisotopic (exact) mass is 225 g/mol. The smallest absolute Gasteiger partial charge is 0.196 e. The van der Waals surface area contributed by atoms with Crippen molar-refractivity contribution < 1.29 is 9.21 Å². The van der Waals surface area contributed by atoms with Gasteiger partial charge in [0.25, 0.3) is 0 Å². The molecule has 1 aromatic rings. The Morgan fingerprint density at radius 2 is 2.33 bits per heavy atom. The normalized spacial score (nSPS) is 20.3. The number of rotatable bonds is 2. The summed E-state index contributed by atoms with van der Waals surface area (Å²) in [7, 11) is 0. The maximum absolute atomic E-state index is 10.5. The molecule has 0 aromatic carbocycles. The van der Waals surface area contributed by atoms with Crippen molar-refractivity contribution in [2.24, 2.45) is 0 Å². The van der Waals surface area contributed by atoms with E-state index in [0.29, 0.717) is 5.76 Å². The number of carbonyl (C=O) groups excluding carboxylic acids is 1. The Hall–Kier alpha value is -0.900. The summed E-state index contributed by atoms with van der Waals surface area (Å²) in [6, 6.07) is 3.59. The van der Waals surface area contributed by atoms with E-state index in [2.05, 4.69) is 18.7 Å². The molecule has 0 aliphatic carbocycles. The Kier molecular flexibility index (Phi) is 2.78. The molecular formula is C11H15NO2S. The molecule has 2 heterocycles. The van der Waals surface area contributed by atoms with Gasteiger partial charge in [0.05, 0.1) is 0 Å². The number of furan rings is 1. The predicted octanol–water partition coefficient (Wildman–Crippen LogP) is 2.42. The second-order valence-electron chi connectivity index (χ2n) is 4.32. The molecule has 1 saturated heterocycles. The molecule has 3 nitrogen and oxygen atoms in total. The molecule has 0 N–H and O–H groups in total. The molecule has 15 heavy (non-hydrogen) atoms. The van der Waals surface area contributed by atoms with E-state index in [4.69, 9.17) is 4.42 Å². The van der Waals surface area contributed by atoms with Crippen LogP contribution in [0.1, 0.15) is 24.4 Å². The fourth-order valence-electron chi connectivity index (χ4n) is 1.78. The van der Waals surface area contributed by atoms with Gasteiger partial charge in [-0.25, -0.2) is 0 Å². The number of nitrogens with zero attached hydrogens (tertiary/aromatic N) is 1. The lowest BCUT2D eigenvalue weighted by molar-refractivity contribution is 0.110. The van der Waals surface area contributed by atoms with Crippen molar-refractivity contribution in [3.8, 4) is 0 Å². The van der Waals surface area contributed by atoms with Gasteiger partial charge in [-0.05, 0) is 19.9 Å². The zero-order chi connectivity index (χ0) is 10.9. The van der Waals surface area contributed by atoms with Crippen molar-refractivity contribution in [1.82, 2.24) is 0 Å². The van der Waals surface area contributed by atoms with Gasteiger partial charge in [0, 0.05) is 29.7 Å². The van der Waals surface area contributed by atoms with Crippen LogP contribution in [0.5, 0.6) is 0 Å². The molecule has 82 valence electrons. The van der Waals surface area contributed by atoms with Crippen LogP contribution in [0.4, 0.5) is 5.88 Å². The van der Waals surface area contributed by atoms with E-state index in [1.807, 2.05) is 17.8 Å². The summed E-state index contributed by atoms with van der Waals surface area (Å²) in [6.45, 7) is 6.41. The first-order valence-electron chi connectivity index (χ1n) is 5.05. The summed E-state index contributed by atoms with van der Waals surface area (Å²) in [5.74, 6) is 2.32. The third-order valence-electron chi connectivity index (χ3n) is 2.47. The van der Waals surface area contributed by atoms with Crippen LogP contribution in [0.15, 0.2) is 16.5 Å². The second kappa shape index (κ2) is 3.93. The lowest BCUT2D eigenvalue weighted by atomic mass is 10.2. The van der Waals surface area contributed by atoms with Crippen molar-refractivity contribution >= 4 is 23.9 Å². The SMILES string of the molecule is CC1(C)CN(c2ccc(C=O)o2)CCS1. The van der Waals surface area contributed by atoms with E-state index in [9.17, 15) is 4.79 Å². The molecule has 2 rings (SSSR count). The molecular weight excluding hydrogens is 210 g/mol. The Labute approximate surface area is 93.8 Å². The van der Waals surface area contributed by atoms with E-state index in [1.165, 1.54) is 0 Å². The van der Waals surface area contributed by atoms with Gasteiger partial charge < -0.3 is 9.32 Å². The lowest BCUT2D eigenvalue weighted by Crippen LogP contribution is -2.42. The predicted molar refractivity (Wildman–Crippen MR) is 62.8 cm³/mol. The summed E-state index contributed by atoms with van der Waals surface area (Å²) in [6.07, 6.45) is 0.743. The molecule has 0 radical (unpaired) electrons. The highest BCUT2D eigenvalue weighted by Crippen LogP contribution is 2.32. The Morgan fingerprint density at radius 3 is 2.93 bits per heavy atom. The van der Waals surface area contributed by atoms with Crippen LogP contribution < -0.4 is 4.90 Å². The first-order valence-corrected chi connectivity index (χ1v) is 6.03. The van der Waals surface area contributed by atoms with Crippen molar-refractivity contribution in [3.63, 3.8) is 0 Å². The van der Waals surface area contributed by atoms with Crippen molar-refractivity contribution in [3.05, 3.63) is 17.9 Å². The largest absolute Gasteiger partial charge is 0.438 e. The highest BCUT2D eigenvalue weighted by atomic mass is 32.2. The third kappa shape index (κ3) is 2.37. The average Bonchev–Trinajstić information content (AvgIpc) is 2.64. The topological polar surface area (TPSA) is 33.5 Å². The van der Waals surface area contributed by atoms with Crippen LogP contribution in [-0.4, -0.2) is 29.9 Å². The zero-order valence-corrected chi connectivity index (χ0v) is 9.84. The van der Waals surface area contributed by atoms with E-state index in [0.717, 1.165) is 31.0 Å². The van der Waals surface area contributed by atoms with Crippen molar-refractivity contribution in [2.75, 3.05) is 23.7 Å². The van der Waals surface area contributed by atoms with Crippen LogP contribution in [0.3, 0.4) is 0 Å². The minimum Gasteiger partial charge on any atom is -0.438 e. The van der Waals surface area contributed by atoms with Gasteiger partial charge in [0.2, 0.25) is 0 Å². The Balaban J connectivity index is 2.13. The van der Waals surface area contributed by atoms with Crippen molar-refractivity contribution in [1.29, 1.82) is 0 Å². The van der Waals surface area contributed by atoms with Crippen LogP contribution >= 0.6 is 11.8 Å². The summed E-state index contributed by atoms with van der Waals surface area (Å²) < 4.78 is 5.67. The molecule has 0 amide bonds. The standard InChI is InChI=1S/C11H15NO2S/c1-11(2)8-12(5-6-15-11)10-4-3-9(7-13)14-10/h3-4,7H,5-6,8H2,1-2H3. The van der Waals surface area contributed by atoms with E-state index in [-0.39, 0.29) is 4.75 Å². The summed E-state index contributed by atoms with van der Waals surface area (Å²) in [5, 5.41) is 0. The molecule has 4 heteroatoms. The molecule has 0 spiro atoms. The number of aldehydes is 1. The number of thioether (sulfide) groups is 1. The molecule has 0 saturated carbocycles. The summed E-state index contributed by atoms with van der Waals surface area (Å²) in [5.41, 5.74) is 0. The Morgan fingerprint density at radius 1 is 1.53 bits per heavy atom. The first kappa shape index (κ1) is 10.6. The molecule has 0 unspecified atom stereocenters. The summed E-state index contributed by atoms with van der Waals surface area (Å²) in [4.78, 5) is 12.7. The van der Waals surface area contributed by atoms with Gasteiger partial charge >= 0.3 is 0 Å². The average molecular weight is 225 g/mol. The number of carbonyl (C=O) groups is 1. The number of hydrogen-bond acceptors (Lipinski definition) is 4. The van der Waals surface area contributed by atoms with E-state index < -0.39 is 0 Å². The quantitative estimate of drug-likeness (QED) is 0.724. The van der Waals surface area contributed by atoms with Crippen LogP contribution in [0.25, 0.3) is 0 Å². The van der Waals surface area contributed by atoms with Gasteiger partial charge in [-0.3, -0.25) is 4.79 Å². The maximum Gasteiger partial charge on any atom is 0.196 e. The van der Waals surface area contributed by atoms with Crippen LogP contribution in [0.2, 0.25) is 0 Å². The minimum absolute atomic E-state index is 0.256. The molecule has 0 bridgehead atoms. The van der Waals surface area contributed by atoms with Gasteiger partial charge in [-0.1, -0.05) is 0 Å².